The highest BCUT2D eigenvalue weighted by Crippen LogP contribution is 2.16. The predicted molar refractivity (Wildman–Crippen MR) is 258 cm³/mol. The third-order valence-electron chi connectivity index (χ3n) is 12.1. The first-order valence-electron chi connectivity index (χ1n) is 26.7. The monoisotopic (exact) mass is 852 g/mol. The Bertz CT molecular complexity index is 832. The van der Waals surface area contributed by atoms with Gasteiger partial charge in [0.2, 0.25) is 5.91 Å². The molecular weight excluding hydrogens is 747 g/mol. The van der Waals surface area contributed by atoms with Crippen LogP contribution < -0.4 is 5.32 Å². The van der Waals surface area contributed by atoms with Crippen LogP contribution in [0.2, 0.25) is 0 Å². The molecule has 7 heteroatoms. The molecule has 0 radical (unpaired) electrons. The van der Waals surface area contributed by atoms with Gasteiger partial charge in [0, 0.05) is 26.1 Å². The Morgan fingerprint density at radius 2 is 0.617 bits per heavy atom. The number of aliphatic carboxylic acids is 2. The molecule has 0 rings (SSSR count). The van der Waals surface area contributed by atoms with Crippen LogP contribution in [0.25, 0.3) is 0 Å². The van der Waals surface area contributed by atoms with E-state index in [9.17, 15) is 14.4 Å². The lowest BCUT2D eigenvalue weighted by molar-refractivity contribution is -0.143. The van der Waals surface area contributed by atoms with Gasteiger partial charge < -0.3 is 20.3 Å². The van der Waals surface area contributed by atoms with Gasteiger partial charge in [-0.25, -0.2) is 4.79 Å². The van der Waals surface area contributed by atoms with Crippen LogP contribution in [0.5, 0.6) is 0 Å². The maximum Gasteiger partial charge on any atom is 0.326 e. The quantitative estimate of drug-likeness (QED) is 0.0526. The van der Waals surface area contributed by atoms with E-state index in [2.05, 4.69) is 26.1 Å². The third kappa shape index (κ3) is 54.4. The van der Waals surface area contributed by atoms with E-state index in [1.807, 2.05) is 0 Å². The lowest BCUT2D eigenvalue weighted by Crippen LogP contribution is -2.41. The first kappa shape index (κ1) is 60.5. The summed E-state index contributed by atoms with van der Waals surface area (Å²) in [5.74, 6) is -2.57. The Balaban J connectivity index is 0. The highest BCUT2D eigenvalue weighted by atomic mass is 16.5. The lowest BCUT2D eigenvalue weighted by Gasteiger charge is -2.13. The van der Waals surface area contributed by atoms with Gasteiger partial charge in [-0.3, -0.25) is 9.59 Å². The molecule has 0 saturated carbocycles. The zero-order valence-corrected chi connectivity index (χ0v) is 40.6. The molecule has 0 aliphatic rings. The third-order valence-corrected chi connectivity index (χ3v) is 12.1. The number of carbonyl (C=O) groups is 3. The van der Waals surface area contributed by atoms with Crippen molar-refractivity contribution in [3.05, 3.63) is 0 Å². The number of carbonyl (C=O) groups excluding carboxylic acids is 1. The van der Waals surface area contributed by atoms with Gasteiger partial charge in [0.15, 0.2) is 0 Å². The molecule has 0 unspecified atom stereocenters. The number of amides is 1. The molecule has 0 aliphatic heterocycles. The molecule has 0 aliphatic carbocycles. The van der Waals surface area contributed by atoms with Crippen molar-refractivity contribution in [1.82, 2.24) is 5.32 Å². The van der Waals surface area contributed by atoms with Crippen molar-refractivity contribution in [3.8, 4) is 0 Å². The van der Waals surface area contributed by atoms with Crippen LogP contribution in [0.3, 0.4) is 0 Å². The summed E-state index contributed by atoms with van der Waals surface area (Å²) in [4.78, 5) is 33.1. The van der Waals surface area contributed by atoms with Crippen molar-refractivity contribution in [2.45, 2.75) is 309 Å². The van der Waals surface area contributed by atoms with Gasteiger partial charge in [-0.05, 0) is 25.7 Å². The summed E-state index contributed by atoms with van der Waals surface area (Å²) in [7, 11) is 0. The van der Waals surface area contributed by atoms with E-state index in [-0.39, 0.29) is 18.7 Å². The van der Waals surface area contributed by atoms with Crippen molar-refractivity contribution < 1.29 is 29.3 Å². The smallest absolute Gasteiger partial charge is 0.326 e. The minimum atomic E-state index is -1.19. The molecule has 0 aromatic rings. The number of ether oxygens (including phenoxy) is 1. The lowest BCUT2D eigenvalue weighted by atomic mass is 10.0. The van der Waals surface area contributed by atoms with E-state index in [0.29, 0.717) is 6.42 Å². The second-order valence-electron chi connectivity index (χ2n) is 18.2. The van der Waals surface area contributed by atoms with Crippen molar-refractivity contribution in [2.75, 3.05) is 13.2 Å². The molecule has 60 heavy (non-hydrogen) atoms. The molecule has 0 fully saturated rings. The topological polar surface area (TPSA) is 113 Å². The van der Waals surface area contributed by atoms with Gasteiger partial charge in [-0.2, -0.15) is 0 Å². The van der Waals surface area contributed by atoms with Gasteiger partial charge >= 0.3 is 11.9 Å². The fourth-order valence-electron chi connectivity index (χ4n) is 7.99. The van der Waals surface area contributed by atoms with Crippen LogP contribution in [-0.2, 0) is 19.1 Å². The molecule has 1 amide bonds. The Labute approximate surface area is 373 Å². The zero-order chi connectivity index (χ0) is 44.3. The summed E-state index contributed by atoms with van der Waals surface area (Å²) in [6, 6.07) is -1.11. The number of hydrogen-bond donors (Lipinski definition) is 3. The van der Waals surface area contributed by atoms with Crippen molar-refractivity contribution >= 4 is 17.8 Å². The van der Waals surface area contributed by atoms with Gasteiger partial charge in [-0.15, -0.1) is 0 Å². The van der Waals surface area contributed by atoms with Crippen LogP contribution in [0.4, 0.5) is 0 Å². The Hall–Kier alpha value is -1.63. The molecule has 3 N–H and O–H groups in total. The molecule has 7 nitrogen and oxygen atoms in total. The van der Waals surface area contributed by atoms with E-state index < -0.39 is 18.0 Å². The number of hydrogen-bond acceptors (Lipinski definition) is 4. The maximum absolute atomic E-state index is 11.7. The molecule has 0 spiro atoms. The fourth-order valence-corrected chi connectivity index (χ4v) is 7.99. The fraction of sp³-hybridized carbons (Fsp3) is 0.943. The first-order valence-corrected chi connectivity index (χ1v) is 26.7. The average molecular weight is 852 g/mol. The van der Waals surface area contributed by atoms with E-state index in [1.165, 1.54) is 244 Å². The molecule has 0 heterocycles. The molecule has 0 saturated heterocycles. The average Bonchev–Trinajstić information content (AvgIpc) is 3.23. The Kier molecular flexibility index (Phi) is 53.9. The zero-order valence-electron chi connectivity index (χ0n) is 40.6. The van der Waals surface area contributed by atoms with Crippen LogP contribution in [0, 0.1) is 0 Å². The predicted octanol–water partition coefficient (Wildman–Crippen LogP) is 16.9. The van der Waals surface area contributed by atoms with E-state index in [0.717, 1.165) is 32.5 Å². The molecule has 1 atom stereocenters. The minimum Gasteiger partial charge on any atom is -0.481 e. The highest BCUT2D eigenvalue weighted by molar-refractivity contribution is 5.83. The SMILES string of the molecule is CCCCCCCCCCCC(=O)N[C@@H](CCC(=O)O)C(=O)O.CCCCCCCCCCCCCCCCCCOCCCCCCCCCCCCCCCCCC. The molecule has 0 bridgehead atoms. The number of carboxylic acids is 2. The van der Waals surface area contributed by atoms with E-state index in [4.69, 9.17) is 14.9 Å². The standard InChI is InChI=1S/C36H74O.C17H31NO5/c1-3-5-7-9-11-13-15-17-19-21-23-25-27-29-31-33-35-37-36-34-32-30-28-26-24-22-20-18-16-14-12-10-8-6-4-2;1-2-3-4-5-6-7-8-9-10-11-15(19)18-14(17(22)23)12-13-16(20)21/h3-36H2,1-2H3;14H,2-13H2,1H3,(H,18,19)(H,20,21)(H,22,23)/t;14-/m.0/s1. The normalized spacial score (nSPS) is 11.7. The Morgan fingerprint density at radius 1 is 0.367 bits per heavy atom. The minimum absolute atomic E-state index is 0.0891. The van der Waals surface area contributed by atoms with Gasteiger partial charge in [0.05, 0.1) is 0 Å². The number of nitrogens with one attached hydrogen (secondary N) is 1. The van der Waals surface area contributed by atoms with Gasteiger partial charge in [0.1, 0.15) is 6.04 Å². The van der Waals surface area contributed by atoms with Crippen LogP contribution in [0.1, 0.15) is 303 Å². The number of unbranched alkanes of at least 4 members (excludes halogenated alkanes) is 38. The number of carboxylic acid groups (broad SMARTS) is 2. The van der Waals surface area contributed by atoms with Crippen LogP contribution >= 0.6 is 0 Å². The summed E-state index contributed by atoms with van der Waals surface area (Å²) >= 11 is 0. The van der Waals surface area contributed by atoms with Crippen molar-refractivity contribution in [1.29, 1.82) is 0 Å². The van der Waals surface area contributed by atoms with Gasteiger partial charge in [0.25, 0.3) is 0 Å². The molecule has 0 aromatic carbocycles. The summed E-state index contributed by atoms with van der Waals surface area (Å²) in [6.45, 7) is 8.80. The van der Waals surface area contributed by atoms with Crippen molar-refractivity contribution in [2.24, 2.45) is 0 Å². The second-order valence-corrected chi connectivity index (χ2v) is 18.2. The van der Waals surface area contributed by atoms with Crippen LogP contribution in [-0.4, -0.2) is 47.3 Å². The molecule has 358 valence electrons. The summed E-state index contributed by atoms with van der Waals surface area (Å²) < 4.78 is 5.87. The van der Waals surface area contributed by atoms with Crippen molar-refractivity contribution in [3.63, 3.8) is 0 Å². The largest absolute Gasteiger partial charge is 0.481 e. The van der Waals surface area contributed by atoms with Gasteiger partial charge in [-0.1, -0.05) is 265 Å². The highest BCUT2D eigenvalue weighted by Gasteiger charge is 2.20. The van der Waals surface area contributed by atoms with Crippen LogP contribution in [0.15, 0.2) is 0 Å². The second kappa shape index (κ2) is 53.5. The Morgan fingerprint density at radius 3 is 0.867 bits per heavy atom. The first-order chi connectivity index (χ1) is 29.4. The molecular formula is C53H105NO6. The number of rotatable bonds is 49. The summed E-state index contributed by atoms with van der Waals surface area (Å²) in [5.41, 5.74) is 0. The molecule has 0 aromatic heterocycles. The summed E-state index contributed by atoms with van der Waals surface area (Å²) in [6.07, 6.45) is 56.3. The maximum atomic E-state index is 11.7. The van der Waals surface area contributed by atoms with E-state index >= 15 is 0 Å². The summed E-state index contributed by atoms with van der Waals surface area (Å²) in [5, 5.41) is 19.9. The van der Waals surface area contributed by atoms with E-state index in [1.54, 1.807) is 0 Å².